The van der Waals surface area contributed by atoms with Crippen molar-refractivity contribution >= 4 is 23.4 Å². The highest BCUT2D eigenvalue weighted by Crippen LogP contribution is 2.27. The minimum atomic E-state index is -0.340. The van der Waals surface area contributed by atoms with Crippen LogP contribution in [0.4, 0.5) is 4.39 Å². The summed E-state index contributed by atoms with van der Waals surface area (Å²) in [5.41, 5.74) is 1.18. The molecule has 0 bridgehead atoms. The third-order valence-corrected chi connectivity index (χ3v) is 5.07. The van der Waals surface area contributed by atoms with Crippen LogP contribution >= 0.6 is 23.4 Å². The number of hydrogen-bond donors (Lipinski definition) is 0. The van der Waals surface area contributed by atoms with Gasteiger partial charge in [0.05, 0.1) is 11.3 Å². The molecule has 2 heterocycles. The topological polar surface area (TPSA) is 69.6 Å². The molecule has 27 heavy (non-hydrogen) atoms. The van der Waals surface area contributed by atoms with E-state index in [1.807, 2.05) is 12.1 Å². The average molecular weight is 402 g/mol. The summed E-state index contributed by atoms with van der Waals surface area (Å²) in [5.74, 6) is 1.45. The van der Waals surface area contributed by atoms with Crippen LogP contribution in [-0.4, -0.2) is 24.9 Å². The summed E-state index contributed by atoms with van der Waals surface area (Å²) >= 11 is 7.37. The molecule has 2 aromatic carbocycles. The maximum absolute atomic E-state index is 14.0. The van der Waals surface area contributed by atoms with Crippen LogP contribution in [0.3, 0.4) is 0 Å². The molecule has 0 N–H and O–H groups in total. The highest BCUT2D eigenvalue weighted by atomic mass is 35.5. The van der Waals surface area contributed by atoms with Crippen LogP contribution in [0.1, 0.15) is 5.89 Å². The van der Waals surface area contributed by atoms with Crippen LogP contribution in [0.15, 0.2) is 58.2 Å². The quantitative estimate of drug-likeness (QED) is 0.454. The molecule has 2 aromatic heterocycles. The molecule has 0 saturated heterocycles. The van der Waals surface area contributed by atoms with Gasteiger partial charge in [-0.25, -0.2) is 4.39 Å². The van der Waals surface area contributed by atoms with Crippen molar-refractivity contribution in [1.29, 1.82) is 0 Å². The van der Waals surface area contributed by atoms with E-state index >= 15 is 0 Å². The number of hydrogen-bond acceptors (Lipinski definition) is 6. The minimum Gasteiger partial charge on any atom is -0.338 e. The van der Waals surface area contributed by atoms with Gasteiger partial charge < -0.3 is 9.09 Å². The number of thioether (sulfide) groups is 1. The molecule has 4 aromatic rings. The Kier molecular flexibility index (Phi) is 4.91. The highest BCUT2D eigenvalue weighted by Gasteiger charge is 2.16. The van der Waals surface area contributed by atoms with Crippen molar-refractivity contribution in [3.8, 4) is 22.8 Å². The lowest BCUT2D eigenvalue weighted by Gasteiger charge is -2.03. The van der Waals surface area contributed by atoms with E-state index in [1.54, 1.807) is 41.9 Å². The van der Waals surface area contributed by atoms with Crippen LogP contribution in [0.5, 0.6) is 0 Å². The molecule has 0 aliphatic carbocycles. The third-order valence-electron chi connectivity index (χ3n) is 3.83. The average Bonchev–Trinajstić information content (AvgIpc) is 3.28. The van der Waals surface area contributed by atoms with E-state index in [-0.39, 0.29) is 5.82 Å². The molecule has 0 aliphatic heterocycles. The van der Waals surface area contributed by atoms with Gasteiger partial charge in [-0.15, -0.1) is 10.2 Å². The zero-order valence-corrected chi connectivity index (χ0v) is 15.7. The van der Waals surface area contributed by atoms with Crippen LogP contribution in [-0.2, 0) is 12.8 Å². The maximum Gasteiger partial charge on any atom is 0.237 e. The fourth-order valence-electron chi connectivity index (χ4n) is 2.50. The molecule has 0 spiro atoms. The first kappa shape index (κ1) is 17.7. The summed E-state index contributed by atoms with van der Waals surface area (Å²) in [6.07, 6.45) is 0. The van der Waals surface area contributed by atoms with E-state index in [0.717, 1.165) is 5.56 Å². The molecule has 6 nitrogen and oxygen atoms in total. The van der Waals surface area contributed by atoms with Crippen molar-refractivity contribution in [3.63, 3.8) is 0 Å². The van der Waals surface area contributed by atoms with Gasteiger partial charge in [-0.2, -0.15) is 4.98 Å². The number of rotatable bonds is 5. The molecule has 136 valence electrons. The summed E-state index contributed by atoms with van der Waals surface area (Å²) in [5, 5.41) is 13.4. The molecule has 0 saturated carbocycles. The first-order valence-electron chi connectivity index (χ1n) is 7.97. The molecular formula is C18H13ClFN5OS. The number of nitrogens with zero attached hydrogens (tertiary/aromatic N) is 5. The van der Waals surface area contributed by atoms with Gasteiger partial charge in [0.25, 0.3) is 0 Å². The Morgan fingerprint density at radius 1 is 1.15 bits per heavy atom. The van der Waals surface area contributed by atoms with E-state index < -0.39 is 0 Å². The predicted molar refractivity (Wildman–Crippen MR) is 101 cm³/mol. The summed E-state index contributed by atoms with van der Waals surface area (Å²) in [4.78, 5) is 4.37. The Morgan fingerprint density at radius 3 is 2.81 bits per heavy atom. The van der Waals surface area contributed by atoms with E-state index in [4.69, 9.17) is 16.1 Å². The van der Waals surface area contributed by atoms with Crippen LogP contribution in [0.2, 0.25) is 5.02 Å². The van der Waals surface area contributed by atoms with Gasteiger partial charge in [0.2, 0.25) is 11.7 Å². The normalized spacial score (nSPS) is 11.1. The predicted octanol–water partition coefficient (Wildman–Crippen LogP) is 4.62. The first-order valence-corrected chi connectivity index (χ1v) is 9.34. The second-order valence-corrected chi connectivity index (χ2v) is 7.03. The molecule has 0 fully saturated rings. The minimum absolute atomic E-state index is 0.340. The summed E-state index contributed by atoms with van der Waals surface area (Å²) in [6, 6.07) is 13.7. The lowest BCUT2D eigenvalue weighted by Crippen LogP contribution is -1.96. The van der Waals surface area contributed by atoms with Crippen LogP contribution in [0, 0.1) is 5.82 Å². The number of aromatic nitrogens is 5. The fraction of sp³-hybridized carbons (Fsp3) is 0.111. The van der Waals surface area contributed by atoms with E-state index in [1.165, 1.54) is 17.8 Å². The molecule has 0 unspecified atom stereocenters. The van der Waals surface area contributed by atoms with E-state index in [9.17, 15) is 4.39 Å². The third kappa shape index (κ3) is 3.72. The van der Waals surface area contributed by atoms with Crippen molar-refractivity contribution in [2.75, 3.05) is 0 Å². The summed E-state index contributed by atoms with van der Waals surface area (Å²) < 4.78 is 21.0. The summed E-state index contributed by atoms with van der Waals surface area (Å²) in [6.45, 7) is 0. The Morgan fingerprint density at radius 2 is 2.00 bits per heavy atom. The van der Waals surface area contributed by atoms with Gasteiger partial charge in [-0.1, -0.05) is 52.8 Å². The van der Waals surface area contributed by atoms with Crippen molar-refractivity contribution in [1.82, 2.24) is 24.9 Å². The van der Waals surface area contributed by atoms with Gasteiger partial charge in [0.15, 0.2) is 11.0 Å². The maximum atomic E-state index is 14.0. The zero-order chi connectivity index (χ0) is 18.8. The van der Waals surface area contributed by atoms with Crippen LogP contribution in [0.25, 0.3) is 22.8 Å². The first-order chi connectivity index (χ1) is 13.1. The van der Waals surface area contributed by atoms with E-state index in [2.05, 4.69) is 20.3 Å². The Labute approximate surface area is 163 Å². The van der Waals surface area contributed by atoms with Gasteiger partial charge >= 0.3 is 0 Å². The Hall–Kier alpha value is -2.71. The van der Waals surface area contributed by atoms with Gasteiger partial charge in [-0.05, 0) is 24.3 Å². The SMILES string of the molecule is Cn1c(SCc2nc(-c3cccc(Cl)c3)no2)nnc1-c1ccccc1F. The van der Waals surface area contributed by atoms with Gasteiger partial charge in [0.1, 0.15) is 5.82 Å². The van der Waals surface area contributed by atoms with Crippen LogP contribution < -0.4 is 0 Å². The lowest BCUT2D eigenvalue weighted by molar-refractivity contribution is 0.391. The highest BCUT2D eigenvalue weighted by molar-refractivity contribution is 7.98. The van der Waals surface area contributed by atoms with Gasteiger partial charge in [-0.3, -0.25) is 0 Å². The Balaban J connectivity index is 1.50. The monoisotopic (exact) mass is 401 g/mol. The van der Waals surface area contributed by atoms with Crippen molar-refractivity contribution < 1.29 is 8.91 Å². The molecule has 0 aliphatic rings. The largest absolute Gasteiger partial charge is 0.338 e. The molecular weight excluding hydrogens is 389 g/mol. The zero-order valence-electron chi connectivity index (χ0n) is 14.1. The summed E-state index contributed by atoms with van der Waals surface area (Å²) in [7, 11) is 1.79. The molecule has 4 rings (SSSR count). The van der Waals surface area contributed by atoms with Crippen molar-refractivity contribution in [2.45, 2.75) is 10.9 Å². The molecule has 0 atom stereocenters. The molecule has 9 heteroatoms. The Bertz CT molecular complexity index is 1100. The van der Waals surface area contributed by atoms with Crippen molar-refractivity contribution in [2.24, 2.45) is 7.05 Å². The molecule has 0 amide bonds. The smallest absolute Gasteiger partial charge is 0.237 e. The number of halogens is 2. The second kappa shape index (κ2) is 7.50. The fourth-order valence-corrected chi connectivity index (χ4v) is 3.44. The second-order valence-electron chi connectivity index (χ2n) is 5.66. The van der Waals surface area contributed by atoms with Gasteiger partial charge in [0, 0.05) is 17.6 Å². The standard InChI is InChI=1S/C18H13ClFN5OS/c1-25-17(13-7-2-3-8-14(13)20)22-23-18(25)27-10-15-21-16(24-26-15)11-5-4-6-12(19)9-11/h2-9H,10H2,1H3. The molecule has 0 radical (unpaired) electrons. The van der Waals surface area contributed by atoms with Crippen molar-refractivity contribution in [3.05, 3.63) is 65.3 Å². The van der Waals surface area contributed by atoms with E-state index in [0.29, 0.717) is 39.0 Å². The lowest BCUT2D eigenvalue weighted by atomic mass is 10.2. The number of benzene rings is 2.